The molecule has 0 radical (unpaired) electrons. The molecule has 126 valence electrons. The molecule has 5 heteroatoms. The average Bonchev–Trinajstić information content (AvgIpc) is 3.09. The maximum atomic E-state index is 12.2. The molecule has 0 saturated heterocycles. The summed E-state index contributed by atoms with van der Waals surface area (Å²) in [6, 6.07) is 17.8. The van der Waals surface area contributed by atoms with Crippen LogP contribution in [0.3, 0.4) is 0 Å². The van der Waals surface area contributed by atoms with Crippen LogP contribution in [-0.2, 0) is 0 Å². The highest BCUT2D eigenvalue weighted by molar-refractivity contribution is 6.05. The second-order valence-corrected chi connectivity index (χ2v) is 5.80. The van der Waals surface area contributed by atoms with Crippen LogP contribution in [0.4, 0.5) is 11.4 Å². The molecule has 0 aliphatic heterocycles. The number of hydrogen-bond acceptors (Lipinski definition) is 3. The fraction of sp³-hybridized carbons (Fsp3) is 0.100. The molecule has 0 bridgehead atoms. The second kappa shape index (κ2) is 7.05. The van der Waals surface area contributed by atoms with Gasteiger partial charge in [0.2, 0.25) is 0 Å². The van der Waals surface area contributed by atoms with E-state index in [4.69, 9.17) is 4.42 Å². The number of rotatable bonds is 4. The smallest absolute Gasteiger partial charge is 0.291 e. The lowest BCUT2D eigenvalue weighted by Crippen LogP contribution is -2.12. The summed E-state index contributed by atoms with van der Waals surface area (Å²) in [4.78, 5) is 24.4. The molecular formula is C20H18N2O3. The van der Waals surface area contributed by atoms with Gasteiger partial charge in [-0.3, -0.25) is 9.59 Å². The Balaban J connectivity index is 1.66. The van der Waals surface area contributed by atoms with Crippen LogP contribution >= 0.6 is 0 Å². The van der Waals surface area contributed by atoms with Crippen molar-refractivity contribution in [3.63, 3.8) is 0 Å². The van der Waals surface area contributed by atoms with E-state index in [2.05, 4.69) is 10.6 Å². The lowest BCUT2D eigenvalue weighted by molar-refractivity contribution is 0.0974. The first kappa shape index (κ1) is 16.5. The zero-order chi connectivity index (χ0) is 17.8. The van der Waals surface area contributed by atoms with E-state index in [1.807, 2.05) is 38.1 Å². The molecule has 0 spiro atoms. The third-order valence-electron chi connectivity index (χ3n) is 3.67. The van der Waals surface area contributed by atoms with Gasteiger partial charge in [-0.2, -0.15) is 0 Å². The number of anilines is 2. The number of carbonyl (C=O) groups is 2. The van der Waals surface area contributed by atoms with Gasteiger partial charge in [0.25, 0.3) is 11.8 Å². The van der Waals surface area contributed by atoms with Gasteiger partial charge >= 0.3 is 0 Å². The van der Waals surface area contributed by atoms with Crippen LogP contribution in [0, 0.1) is 13.8 Å². The molecule has 0 aliphatic rings. The number of carbonyl (C=O) groups excluding carboxylic acids is 2. The van der Waals surface area contributed by atoms with E-state index in [1.165, 1.54) is 12.1 Å². The minimum absolute atomic E-state index is 0.0784. The van der Waals surface area contributed by atoms with Gasteiger partial charge in [-0.1, -0.05) is 35.4 Å². The highest BCUT2D eigenvalue weighted by Crippen LogP contribution is 2.15. The Morgan fingerprint density at radius 2 is 1.00 bits per heavy atom. The number of benzene rings is 2. The molecule has 0 saturated carbocycles. The van der Waals surface area contributed by atoms with Crippen molar-refractivity contribution < 1.29 is 14.0 Å². The summed E-state index contributed by atoms with van der Waals surface area (Å²) in [5.74, 6) is -0.652. The van der Waals surface area contributed by atoms with E-state index in [9.17, 15) is 9.59 Å². The number of hydrogen-bond donors (Lipinski definition) is 2. The third kappa shape index (κ3) is 4.14. The number of furan rings is 1. The third-order valence-corrected chi connectivity index (χ3v) is 3.67. The monoisotopic (exact) mass is 334 g/mol. The summed E-state index contributed by atoms with van der Waals surface area (Å²) in [5, 5.41) is 5.46. The van der Waals surface area contributed by atoms with Crippen LogP contribution < -0.4 is 10.6 Å². The molecule has 0 aliphatic carbocycles. The van der Waals surface area contributed by atoms with Crippen molar-refractivity contribution in [1.82, 2.24) is 0 Å². The first-order chi connectivity index (χ1) is 12.0. The van der Waals surface area contributed by atoms with Gasteiger partial charge < -0.3 is 15.1 Å². The molecule has 3 rings (SSSR count). The second-order valence-electron chi connectivity index (χ2n) is 5.80. The van der Waals surface area contributed by atoms with Crippen LogP contribution in [0.25, 0.3) is 0 Å². The normalized spacial score (nSPS) is 10.3. The lowest BCUT2D eigenvalue weighted by Gasteiger charge is -2.04. The summed E-state index contributed by atoms with van der Waals surface area (Å²) in [6.07, 6.45) is 0. The predicted molar refractivity (Wildman–Crippen MR) is 97.0 cm³/mol. The first-order valence-electron chi connectivity index (χ1n) is 7.87. The molecule has 2 N–H and O–H groups in total. The summed E-state index contributed by atoms with van der Waals surface area (Å²) in [7, 11) is 0. The predicted octanol–water partition coefficient (Wildman–Crippen LogP) is 4.40. The van der Waals surface area contributed by atoms with Crippen molar-refractivity contribution in [2.24, 2.45) is 0 Å². The Morgan fingerprint density at radius 1 is 0.640 bits per heavy atom. The highest BCUT2D eigenvalue weighted by Gasteiger charge is 2.16. The quantitative estimate of drug-likeness (QED) is 0.743. The van der Waals surface area contributed by atoms with Gasteiger partial charge in [0.05, 0.1) is 0 Å². The fourth-order valence-corrected chi connectivity index (χ4v) is 2.24. The summed E-state index contributed by atoms with van der Waals surface area (Å²) in [5.41, 5.74) is 3.53. The molecule has 5 nitrogen and oxygen atoms in total. The Kier molecular flexibility index (Phi) is 4.66. The van der Waals surface area contributed by atoms with Crippen LogP contribution in [0.5, 0.6) is 0 Å². The minimum atomic E-state index is -0.404. The van der Waals surface area contributed by atoms with E-state index in [0.717, 1.165) is 11.1 Å². The number of amides is 2. The van der Waals surface area contributed by atoms with E-state index < -0.39 is 11.8 Å². The van der Waals surface area contributed by atoms with Crippen molar-refractivity contribution in [1.29, 1.82) is 0 Å². The van der Waals surface area contributed by atoms with Gasteiger partial charge in [-0.25, -0.2) is 0 Å². The largest absolute Gasteiger partial charge is 0.446 e. The molecular weight excluding hydrogens is 316 g/mol. The Labute approximate surface area is 145 Å². The molecule has 0 atom stereocenters. The van der Waals surface area contributed by atoms with Gasteiger partial charge in [0.1, 0.15) is 0 Å². The maximum Gasteiger partial charge on any atom is 0.291 e. The molecule has 3 aromatic rings. The van der Waals surface area contributed by atoms with Crippen LogP contribution in [0.1, 0.15) is 32.2 Å². The fourth-order valence-electron chi connectivity index (χ4n) is 2.24. The Bertz CT molecular complexity index is 819. The van der Waals surface area contributed by atoms with Crippen LogP contribution in [0.2, 0.25) is 0 Å². The van der Waals surface area contributed by atoms with E-state index in [0.29, 0.717) is 11.4 Å². The zero-order valence-electron chi connectivity index (χ0n) is 14.0. The Hall–Kier alpha value is -3.34. The highest BCUT2D eigenvalue weighted by atomic mass is 16.4. The molecule has 2 aromatic carbocycles. The maximum absolute atomic E-state index is 12.2. The molecule has 0 unspecified atom stereocenters. The standard InChI is InChI=1S/C20H18N2O3/c1-13-3-7-15(8-4-13)21-19(23)17-11-12-18(25-17)20(24)22-16-9-5-14(2)6-10-16/h3-12H,1-2H3,(H,21,23)(H,22,24). The lowest BCUT2D eigenvalue weighted by atomic mass is 10.2. The van der Waals surface area contributed by atoms with Gasteiger partial charge in [0, 0.05) is 11.4 Å². The van der Waals surface area contributed by atoms with Gasteiger partial charge in [0.15, 0.2) is 11.5 Å². The molecule has 2 amide bonds. The van der Waals surface area contributed by atoms with Crippen molar-refractivity contribution in [2.75, 3.05) is 10.6 Å². The van der Waals surface area contributed by atoms with Gasteiger partial charge in [-0.05, 0) is 50.2 Å². The Morgan fingerprint density at radius 3 is 1.36 bits per heavy atom. The molecule has 1 aromatic heterocycles. The van der Waals surface area contributed by atoms with Crippen molar-refractivity contribution in [3.05, 3.63) is 83.3 Å². The van der Waals surface area contributed by atoms with E-state index in [-0.39, 0.29) is 11.5 Å². The van der Waals surface area contributed by atoms with E-state index >= 15 is 0 Å². The van der Waals surface area contributed by atoms with E-state index in [1.54, 1.807) is 24.3 Å². The summed E-state index contributed by atoms with van der Waals surface area (Å²) < 4.78 is 5.38. The topological polar surface area (TPSA) is 71.3 Å². The average molecular weight is 334 g/mol. The number of aryl methyl sites for hydroxylation is 2. The number of nitrogens with one attached hydrogen (secondary N) is 2. The van der Waals surface area contributed by atoms with Crippen molar-refractivity contribution in [3.8, 4) is 0 Å². The van der Waals surface area contributed by atoms with Crippen LogP contribution in [0.15, 0.2) is 65.1 Å². The summed E-state index contributed by atoms with van der Waals surface area (Å²) in [6.45, 7) is 3.94. The zero-order valence-corrected chi connectivity index (χ0v) is 14.0. The molecule has 25 heavy (non-hydrogen) atoms. The van der Waals surface area contributed by atoms with Gasteiger partial charge in [-0.15, -0.1) is 0 Å². The van der Waals surface area contributed by atoms with Crippen molar-refractivity contribution in [2.45, 2.75) is 13.8 Å². The minimum Gasteiger partial charge on any atom is -0.446 e. The summed E-state index contributed by atoms with van der Waals surface area (Å²) >= 11 is 0. The SMILES string of the molecule is Cc1ccc(NC(=O)c2ccc(C(=O)Nc3ccc(C)cc3)o2)cc1. The van der Waals surface area contributed by atoms with Crippen LogP contribution in [-0.4, -0.2) is 11.8 Å². The molecule has 1 heterocycles. The van der Waals surface area contributed by atoms with Crippen molar-refractivity contribution >= 4 is 23.2 Å². The molecule has 0 fully saturated rings. The first-order valence-corrected chi connectivity index (χ1v) is 7.87.